The molecule has 2 N–H and O–H groups in total. The molecule has 2 aromatic heterocycles. The van der Waals surface area contributed by atoms with Gasteiger partial charge < -0.3 is 24.4 Å². The van der Waals surface area contributed by atoms with Gasteiger partial charge in [-0.1, -0.05) is 50.2 Å². The lowest BCUT2D eigenvalue weighted by atomic mass is 9.62. The van der Waals surface area contributed by atoms with Crippen molar-refractivity contribution >= 4 is 0 Å². The standard InChI is InChI=1S/C28H36N4O4/c1-19(2)20-5-7-22(8-6-20)28(34,26(3)17-32(4)18-26)23-13-21(15-29-16-23)25-30-24(31-36-25)14-27(33)9-11-35-12-10-27/h5-8,13,15-16,19,33-34H,9-12,14,17-18H2,1-4H3. The van der Waals surface area contributed by atoms with Crippen LogP contribution in [0.2, 0.25) is 0 Å². The fraction of sp³-hybridized carbons (Fsp3) is 0.536. The lowest BCUT2D eigenvalue weighted by Gasteiger charge is -2.55. The zero-order chi connectivity index (χ0) is 25.6. The van der Waals surface area contributed by atoms with E-state index in [9.17, 15) is 10.2 Å². The van der Waals surface area contributed by atoms with E-state index >= 15 is 0 Å². The normalized spacial score (nSPS) is 21.2. The second-order valence-corrected chi connectivity index (χ2v) is 11.2. The molecule has 0 radical (unpaired) electrons. The van der Waals surface area contributed by atoms with Crippen LogP contribution in [0, 0.1) is 5.41 Å². The maximum absolute atomic E-state index is 12.4. The summed E-state index contributed by atoms with van der Waals surface area (Å²) in [6.07, 6.45) is 4.80. The van der Waals surface area contributed by atoms with E-state index in [2.05, 4.69) is 60.0 Å². The summed E-state index contributed by atoms with van der Waals surface area (Å²) in [6, 6.07) is 10.2. The second-order valence-electron chi connectivity index (χ2n) is 11.2. The van der Waals surface area contributed by atoms with Gasteiger partial charge >= 0.3 is 0 Å². The van der Waals surface area contributed by atoms with Crippen molar-refractivity contribution in [1.29, 1.82) is 0 Å². The van der Waals surface area contributed by atoms with Crippen molar-refractivity contribution in [2.75, 3.05) is 33.4 Å². The average molecular weight is 493 g/mol. The Balaban J connectivity index is 1.48. The summed E-state index contributed by atoms with van der Waals surface area (Å²) in [5.74, 6) is 1.18. The molecular weight excluding hydrogens is 456 g/mol. The van der Waals surface area contributed by atoms with Gasteiger partial charge in [-0.2, -0.15) is 4.98 Å². The maximum Gasteiger partial charge on any atom is 0.259 e. The Bertz CT molecular complexity index is 1200. The summed E-state index contributed by atoms with van der Waals surface area (Å²) in [6.45, 7) is 9.01. The SMILES string of the molecule is CC(C)c1ccc(C(O)(c2cncc(-c3nc(CC4(O)CCOCC4)no3)c2)C2(C)CN(C)C2)cc1. The van der Waals surface area contributed by atoms with Crippen molar-refractivity contribution in [3.8, 4) is 11.5 Å². The Morgan fingerprint density at radius 1 is 1.08 bits per heavy atom. The number of likely N-dealkylation sites (tertiary alicyclic amines) is 1. The molecule has 1 aromatic carbocycles. The topological polar surface area (TPSA) is 105 Å². The first-order valence-corrected chi connectivity index (χ1v) is 12.7. The van der Waals surface area contributed by atoms with Gasteiger partial charge in [-0.3, -0.25) is 4.98 Å². The van der Waals surface area contributed by atoms with E-state index in [4.69, 9.17) is 9.26 Å². The highest BCUT2D eigenvalue weighted by Crippen LogP contribution is 2.50. The van der Waals surface area contributed by atoms with Crippen molar-refractivity contribution in [1.82, 2.24) is 20.0 Å². The van der Waals surface area contributed by atoms with Crippen LogP contribution in [0.5, 0.6) is 0 Å². The number of aliphatic hydroxyl groups is 2. The number of ether oxygens (including phenoxy) is 1. The number of aromatic nitrogens is 3. The largest absolute Gasteiger partial charge is 0.389 e. The number of pyridine rings is 1. The Hall–Kier alpha value is -2.65. The van der Waals surface area contributed by atoms with E-state index in [0.29, 0.717) is 61.2 Å². The van der Waals surface area contributed by atoms with Crippen LogP contribution >= 0.6 is 0 Å². The lowest BCUT2D eigenvalue weighted by molar-refractivity contribution is -0.127. The molecule has 3 aromatic rings. The zero-order valence-electron chi connectivity index (χ0n) is 21.6. The first-order chi connectivity index (χ1) is 17.1. The van der Waals surface area contributed by atoms with Crippen molar-refractivity contribution in [2.24, 2.45) is 5.41 Å². The summed E-state index contributed by atoms with van der Waals surface area (Å²) in [7, 11) is 2.06. The minimum Gasteiger partial charge on any atom is -0.389 e. The molecule has 2 aliphatic rings. The Kier molecular flexibility index (Phi) is 6.49. The van der Waals surface area contributed by atoms with Crippen LogP contribution in [-0.2, 0) is 16.8 Å². The Labute approximate surface area is 212 Å². The van der Waals surface area contributed by atoms with Crippen molar-refractivity contribution in [3.05, 3.63) is 65.2 Å². The van der Waals surface area contributed by atoms with Crippen LogP contribution in [-0.4, -0.2) is 69.2 Å². The van der Waals surface area contributed by atoms with Gasteiger partial charge in [0.15, 0.2) is 5.82 Å². The van der Waals surface area contributed by atoms with Gasteiger partial charge in [0.05, 0.1) is 11.2 Å². The number of benzene rings is 1. The molecule has 192 valence electrons. The smallest absolute Gasteiger partial charge is 0.259 e. The monoisotopic (exact) mass is 492 g/mol. The predicted molar refractivity (Wildman–Crippen MR) is 135 cm³/mol. The minimum absolute atomic E-state index is 0.309. The van der Waals surface area contributed by atoms with Gasteiger partial charge in [0, 0.05) is 68.9 Å². The van der Waals surface area contributed by atoms with Crippen LogP contribution in [0.1, 0.15) is 62.0 Å². The van der Waals surface area contributed by atoms with E-state index in [-0.39, 0.29) is 0 Å². The fourth-order valence-electron chi connectivity index (χ4n) is 5.77. The zero-order valence-corrected chi connectivity index (χ0v) is 21.6. The molecular formula is C28H36N4O4. The molecule has 2 saturated heterocycles. The number of hydrogen-bond donors (Lipinski definition) is 2. The second kappa shape index (κ2) is 9.34. The highest BCUT2D eigenvalue weighted by atomic mass is 16.5. The third-order valence-corrected chi connectivity index (χ3v) is 7.89. The average Bonchev–Trinajstić information content (AvgIpc) is 3.31. The highest BCUT2D eigenvalue weighted by Gasteiger charge is 2.55. The summed E-state index contributed by atoms with van der Waals surface area (Å²) < 4.78 is 10.9. The molecule has 4 heterocycles. The number of rotatable bonds is 7. The van der Waals surface area contributed by atoms with E-state index < -0.39 is 16.6 Å². The summed E-state index contributed by atoms with van der Waals surface area (Å²) in [5.41, 5.74) is 0.871. The molecule has 8 nitrogen and oxygen atoms in total. The van der Waals surface area contributed by atoms with Gasteiger partial charge in [-0.25, -0.2) is 0 Å². The molecule has 0 aliphatic carbocycles. The minimum atomic E-state index is -1.25. The molecule has 0 saturated carbocycles. The van der Waals surface area contributed by atoms with Gasteiger partial charge in [0.25, 0.3) is 5.89 Å². The molecule has 36 heavy (non-hydrogen) atoms. The van der Waals surface area contributed by atoms with E-state index in [1.807, 2.05) is 18.2 Å². The summed E-state index contributed by atoms with van der Waals surface area (Å²) >= 11 is 0. The molecule has 1 atom stereocenters. The Morgan fingerprint density at radius 2 is 1.78 bits per heavy atom. The maximum atomic E-state index is 12.4. The molecule has 5 rings (SSSR count). The van der Waals surface area contributed by atoms with Crippen LogP contribution in [0.25, 0.3) is 11.5 Å². The summed E-state index contributed by atoms with van der Waals surface area (Å²) in [4.78, 5) is 11.2. The van der Waals surface area contributed by atoms with Crippen LogP contribution in [0.4, 0.5) is 0 Å². The molecule has 2 fully saturated rings. The van der Waals surface area contributed by atoms with Crippen LogP contribution < -0.4 is 0 Å². The molecule has 2 aliphatic heterocycles. The third-order valence-electron chi connectivity index (χ3n) is 7.89. The molecule has 1 unspecified atom stereocenters. The molecule has 0 spiro atoms. The van der Waals surface area contributed by atoms with Crippen molar-refractivity contribution in [3.63, 3.8) is 0 Å². The molecule has 8 heteroatoms. The van der Waals surface area contributed by atoms with Crippen LogP contribution in [0.15, 0.2) is 47.2 Å². The lowest BCUT2D eigenvalue weighted by Crippen LogP contribution is -2.63. The predicted octanol–water partition coefficient (Wildman–Crippen LogP) is 3.53. The first-order valence-electron chi connectivity index (χ1n) is 12.7. The van der Waals surface area contributed by atoms with E-state index in [1.165, 1.54) is 5.56 Å². The summed E-state index contributed by atoms with van der Waals surface area (Å²) in [5, 5.41) is 27.4. The van der Waals surface area contributed by atoms with Gasteiger partial charge in [0.1, 0.15) is 5.60 Å². The van der Waals surface area contributed by atoms with Crippen molar-refractivity contribution in [2.45, 2.75) is 57.2 Å². The van der Waals surface area contributed by atoms with Gasteiger partial charge in [-0.15, -0.1) is 0 Å². The first kappa shape index (κ1) is 25.0. The van der Waals surface area contributed by atoms with Crippen LogP contribution in [0.3, 0.4) is 0 Å². The highest BCUT2D eigenvalue weighted by molar-refractivity contribution is 5.55. The molecule has 0 bridgehead atoms. The quantitative estimate of drug-likeness (QED) is 0.516. The van der Waals surface area contributed by atoms with E-state index in [0.717, 1.165) is 18.7 Å². The molecule has 0 amide bonds. The fourth-order valence-corrected chi connectivity index (χ4v) is 5.77. The number of hydrogen-bond acceptors (Lipinski definition) is 8. The van der Waals surface area contributed by atoms with Crippen molar-refractivity contribution < 1.29 is 19.5 Å². The van der Waals surface area contributed by atoms with Gasteiger partial charge in [0.2, 0.25) is 0 Å². The van der Waals surface area contributed by atoms with E-state index in [1.54, 1.807) is 12.4 Å². The van der Waals surface area contributed by atoms with Gasteiger partial charge in [-0.05, 0) is 30.2 Å². The number of nitrogens with zero attached hydrogens (tertiary/aromatic N) is 4. The Morgan fingerprint density at radius 3 is 2.42 bits per heavy atom. The third kappa shape index (κ3) is 4.47.